The zero-order valence-electron chi connectivity index (χ0n) is 17.5. The van der Waals surface area contributed by atoms with Crippen LogP contribution in [0.25, 0.3) is 0 Å². The van der Waals surface area contributed by atoms with E-state index in [-0.39, 0.29) is 5.91 Å². The lowest BCUT2D eigenvalue weighted by Crippen LogP contribution is -2.22. The maximum atomic E-state index is 12.4. The molecule has 0 atom stereocenters. The second kappa shape index (κ2) is 9.60. The van der Waals surface area contributed by atoms with Gasteiger partial charge in [0, 0.05) is 24.4 Å². The molecule has 0 N–H and O–H groups in total. The number of benzene rings is 3. The first-order chi connectivity index (χ1) is 14.6. The van der Waals surface area contributed by atoms with Crippen molar-refractivity contribution in [2.75, 3.05) is 26.2 Å². The quantitative estimate of drug-likeness (QED) is 0.511. The van der Waals surface area contributed by atoms with E-state index in [0.29, 0.717) is 28.6 Å². The Labute approximate surface area is 176 Å². The topological polar surface area (TPSA) is 60.4 Å². The van der Waals surface area contributed by atoms with Crippen LogP contribution in [0.5, 0.6) is 17.2 Å². The summed E-state index contributed by atoms with van der Waals surface area (Å²) in [5.41, 5.74) is 2.90. The van der Waals surface area contributed by atoms with Gasteiger partial charge in [-0.05, 0) is 36.4 Å². The molecule has 0 aliphatic heterocycles. The zero-order chi connectivity index (χ0) is 21.5. The summed E-state index contributed by atoms with van der Waals surface area (Å²) in [6.45, 7) is 1.53. The fourth-order valence-electron chi connectivity index (χ4n) is 3.15. The van der Waals surface area contributed by atoms with Crippen molar-refractivity contribution in [1.29, 1.82) is 0 Å². The Morgan fingerprint density at radius 1 is 0.867 bits per heavy atom. The Morgan fingerprint density at radius 3 is 2.03 bits per heavy atom. The average molecular weight is 404 g/mol. The Hall–Kier alpha value is -3.80. The first-order valence-corrected chi connectivity index (χ1v) is 9.38. The highest BCUT2D eigenvalue weighted by atomic mass is 16.5. The highest BCUT2D eigenvalue weighted by Crippen LogP contribution is 2.38. The number of hydrogen-bond acceptors (Lipinski definition) is 5. The molecule has 0 radical (unpaired) electrons. The molecule has 6 heteroatoms. The van der Waals surface area contributed by atoms with Gasteiger partial charge in [-0.15, -0.1) is 0 Å². The molecule has 0 heterocycles. The lowest BCUT2D eigenvalue weighted by Gasteiger charge is -2.22. The highest BCUT2D eigenvalue weighted by Gasteiger charge is 2.17. The molecule has 1 amide bonds. The van der Waals surface area contributed by atoms with Crippen molar-refractivity contribution in [2.45, 2.75) is 6.92 Å². The number of para-hydroxylation sites is 3. The number of amides is 1. The van der Waals surface area contributed by atoms with Gasteiger partial charge in [-0.1, -0.05) is 30.3 Å². The number of rotatable bonds is 7. The molecule has 0 bridgehead atoms. The van der Waals surface area contributed by atoms with Gasteiger partial charge in [-0.3, -0.25) is 14.7 Å². The average Bonchev–Trinajstić information content (AvgIpc) is 2.78. The van der Waals surface area contributed by atoms with Crippen molar-refractivity contribution in [3.63, 3.8) is 0 Å². The largest absolute Gasteiger partial charge is 0.493 e. The molecular weight excluding hydrogens is 380 g/mol. The SMILES string of the molecule is COc1cc(/C=N/c2ccccc2N(C(C)=O)c2ccccc2)cc(OC)c1OC. The minimum Gasteiger partial charge on any atom is -0.493 e. The maximum Gasteiger partial charge on any atom is 0.228 e. The molecule has 0 saturated heterocycles. The Kier molecular flexibility index (Phi) is 6.70. The van der Waals surface area contributed by atoms with Crippen molar-refractivity contribution < 1.29 is 19.0 Å². The molecule has 0 aliphatic carbocycles. The maximum absolute atomic E-state index is 12.4. The van der Waals surface area contributed by atoms with Crippen LogP contribution in [0.2, 0.25) is 0 Å². The number of methoxy groups -OCH3 is 3. The fourth-order valence-corrected chi connectivity index (χ4v) is 3.15. The summed E-state index contributed by atoms with van der Waals surface area (Å²) >= 11 is 0. The van der Waals surface area contributed by atoms with Crippen LogP contribution in [-0.2, 0) is 4.79 Å². The number of ether oxygens (including phenoxy) is 3. The molecule has 0 spiro atoms. The van der Waals surface area contributed by atoms with Crippen LogP contribution in [0.4, 0.5) is 17.1 Å². The van der Waals surface area contributed by atoms with Gasteiger partial charge in [0.05, 0.1) is 32.7 Å². The first kappa shape index (κ1) is 20.9. The number of hydrogen-bond donors (Lipinski definition) is 0. The lowest BCUT2D eigenvalue weighted by molar-refractivity contribution is -0.115. The number of nitrogens with zero attached hydrogens (tertiary/aromatic N) is 2. The Bertz CT molecular complexity index is 1020. The van der Waals surface area contributed by atoms with E-state index in [4.69, 9.17) is 14.2 Å². The predicted octanol–water partition coefficient (Wildman–Crippen LogP) is 5.15. The highest BCUT2D eigenvalue weighted by molar-refractivity contribution is 6.02. The van der Waals surface area contributed by atoms with Gasteiger partial charge in [-0.25, -0.2) is 0 Å². The van der Waals surface area contributed by atoms with Crippen molar-refractivity contribution in [3.05, 3.63) is 72.3 Å². The normalized spacial score (nSPS) is 10.7. The molecule has 3 aromatic rings. The molecule has 0 saturated carbocycles. The number of carbonyl (C=O) groups excluding carboxylic acids is 1. The molecule has 0 aliphatic rings. The number of anilines is 2. The number of carbonyl (C=O) groups is 1. The van der Waals surface area contributed by atoms with Crippen LogP contribution in [0.1, 0.15) is 12.5 Å². The van der Waals surface area contributed by atoms with Crippen LogP contribution in [0.3, 0.4) is 0 Å². The first-order valence-electron chi connectivity index (χ1n) is 9.38. The zero-order valence-corrected chi connectivity index (χ0v) is 17.5. The molecule has 30 heavy (non-hydrogen) atoms. The van der Waals surface area contributed by atoms with Crippen LogP contribution in [0, 0.1) is 0 Å². The second-order valence-electron chi connectivity index (χ2n) is 6.40. The van der Waals surface area contributed by atoms with E-state index < -0.39 is 0 Å². The number of aliphatic imine (C=N–C) groups is 1. The third-order valence-corrected chi connectivity index (χ3v) is 4.49. The van der Waals surface area contributed by atoms with Gasteiger partial charge in [0.1, 0.15) is 0 Å². The second-order valence-corrected chi connectivity index (χ2v) is 6.40. The summed E-state index contributed by atoms with van der Waals surface area (Å²) in [5, 5.41) is 0. The molecule has 0 fully saturated rings. The molecule has 3 aromatic carbocycles. The smallest absolute Gasteiger partial charge is 0.228 e. The van der Waals surface area contributed by atoms with E-state index >= 15 is 0 Å². The van der Waals surface area contributed by atoms with Gasteiger partial charge < -0.3 is 14.2 Å². The molecule has 6 nitrogen and oxygen atoms in total. The van der Waals surface area contributed by atoms with Crippen LogP contribution < -0.4 is 19.1 Å². The molecule has 3 rings (SSSR count). The van der Waals surface area contributed by atoms with Crippen LogP contribution >= 0.6 is 0 Å². The fraction of sp³-hybridized carbons (Fsp3) is 0.167. The van der Waals surface area contributed by atoms with Crippen molar-refractivity contribution in [2.24, 2.45) is 4.99 Å². The lowest BCUT2D eigenvalue weighted by atomic mass is 10.2. The van der Waals surface area contributed by atoms with E-state index in [1.807, 2.05) is 66.7 Å². The summed E-state index contributed by atoms with van der Waals surface area (Å²) in [5.74, 6) is 1.50. The molecule has 154 valence electrons. The van der Waals surface area contributed by atoms with Crippen LogP contribution in [-0.4, -0.2) is 33.5 Å². The Balaban J connectivity index is 2.03. The molecular formula is C24H24N2O4. The summed E-state index contributed by atoms with van der Waals surface area (Å²) in [6.07, 6.45) is 1.70. The third-order valence-electron chi connectivity index (χ3n) is 4.49. The summed E-state index contributed by atoms with van der Waals surface area (Å²) in [6, 6.07) is 20.6. The van der Waals surface area contributed by atoms with Gasteiger partial charge in [0.15, 0.2) is 11.5 Å². The van der Waals surface area contributed by atoms with Crippen molar-refractivity contribution >= 4 is 29.2 Å². The standard InChI is InChI=1S/C24H24N2O4/c1-17(27)26(19-10-6-5-7-11-19)21-13-9-8-12-20(21)25-16-18-14-22(28-2)24(30-4)23(15-18)29-3/h5-16H,1-4H3/b25-16+. The van der Waals surface area contributed by atoms with Crippen molar-refractivity contribution in [3.8, 4) is 17.2 Å². The van der Waals surface area contributed by atoms with Gasteiger partial charge in [0.2, 0.25) is 11.7 Å². The third kappa shape index (κ3) is 4.43. The van der Waals surface area contributed by atoms with E-state index in [9.17, 15) is 4.79 Å². The summed E-state index contributed by atoms with van der Waals surface area (Å²) in [7, 11) is 4.69. The van der Waals surface area contributed by atoms with E-state index in [0.717, 1.165) is 11.3 Å². The summed E-state index contributed by atoms with van der Waals surface area (Å²) in [4.78, 5) is 18.7. The van der Waals surface area contributed by atoms with E-state index in [2.05, 4.69) is 4.99 Å². The van der Waals surface area contributed by atoms with E-state index in [1.54, 1.807) is 32.4 Å². The predicted molar refractivity (Wildman–Crippen MR) is 119 cm³/mol. The molecule has 0 aromatic heterocycles. The summed E-state index contributed by atoms with van der Waals surface area (Å²) < 4.78 is 16.2. The van der Waals surface area contributed by atoms with Gasteiger partial charge in [0.25, 0.3) is 0 Å². The van der Waals surface area contributed by atoms with E-state index in [1.165, 1.54) is 6.92 Å². The van der Waals surface area contributed by atoms with Crippen molar-refractivity contribution in [1.82, 2.24) is 0 Å². The van der Waals surface area contributed by atoms with Gasteiger partial charge in [-0.2, -0.15) is 0 Å². The minimum atomic E-state index is -0.100. The van der Waals surface area contributed by atoms with Gasteiger partial charge >= 0.3 is 0 Å². The molecule has 0 unspecified atom stereocenters. The minimum absolute atomic E-state index is 0.100. The van der Waals surface area contributed by atoms with Crippen LogP contribution in [0.15, 0.2) is 71.7 Å². The monoisotopic (exact) mass is 404 g/mol. The Morgan fingerprint density at radius 2 is 1.47 bits per heavy atom.